The Morgan fingerprint density at radius 3 is 2.65 bits per heavy atom. The average Bonchev–Trinajstić information content (AvgIpc) is 2.43. The topological polar surface area (TPSA) is 82.3 Å². The molecule has 0 fully saturated rings. The highest BCUT2D eigenvalue weighted by atomic mass is 16.5. The van der Waals surface area contributed by atoms with Crippen LogP contribution in [0.1, 0.15) is 38.4 Å². The predicted molar refractivity (Wildman–Crippen MR) is 81.2 cm³/mol. The van der Waals surface area contributed by atoms with E-state index in [-0.39, 0.29) is 0 Å². The van der Waals surface area contributed by atoms with E-state index in [0.717, 1.165) is 13.0 Å². The van der Waals surface area contributed by atoms with Crippen LogP contribution in [-0.4, -0.2) is 36.8 Å². The highest BCUT2D eigenvalue weighted by Crippen LogP contribution is 2.25. The number of aryl methyl sites for hydroxylation is 1. The molecular formula is C14H26N4O2. The lowest BCUT2D eigenvalue weighted by Crippen LogP contribution is -2.12. The molecule has 1 rings (SSSR count). The van der Waals surface area contributed by atoms with Crippen LogP contribution in [0.2, 0.25) is 0 Å². The van der Waals surface area contributed by atoms with Gasteiger partial charge in [0.2, 0.25) is 5.88 Å². The maximum absolute atomic E-state index is 6.02. The number of unbranched alkanes of at least 4 members (excludes halogenated alkanes) is 3. The highest BCUT2D eigenvalue weighted by Gasteiger charge is 2.11. The lowest BCUT2D eigenvalue weighted by Gasteiger charge is -2.13. The van der Waals surface area contributed by atoms with Gasteiger partial charge in [0.1, 0.15) is 18.1 Å². The molecule has 20 heavy (non-hydrogen) atoms. The second-order valence-electron chi connectivity index (χ2n) is 4.67. The lowest BCUT2D eigenvalue weighted by atomic mass is 10.2. The zero-order chi connectivity index (χ0) is 14.8. The summed E-state index contributed by atoms with van der Waals surface area (Å²) < 4.78 is 10.4. The first-order valence-corrected chi connectivity index (χ1v) is 7.18. The van der Waals surface area contributed by atoms with Crippen LogP contribution >= 0.6 is 0 Å². The monoisotopic (exact) mass is 282 g/mol. The third kappa shape index (κ3) is 5.61. The molecule has 1 aromatic rings. The number of nitrogens with two attached hydrogens (primary N) is 1. The van der Waals surface area contributed by atoms with E-state index in [1.807, 2.05) is 6.92 Å². The number of hydrogen-bond donors (Lipinski definition) is 2. The summed E-state index contributed by atoms with van der Waals surface area (Å²) in [4.78, 5) is 8.53. The zero-order valence-electron chi connectivity index (χ0n) is 12.7. The fourth-order valence-corrected chi connectivity index (χ4v) is 1.78. The third-order valence-electron chi connectivity index (χ3n) is 2.87. The Labute approximate surface area is 121 Å². The van der Waals surface area contributed by atoms with Crippen molar-refractivity contribution in [2.24, 2.45) is 0 Å². The smallest absolute Gasteiger partial charge is 0.242 e. The van der Waals surface area contributed by atoms with Crippen LogP contribution in [0.4, 0.5) is 11.5 Å². The largest absolute Gasteiger partial charge is 0.474 e. The van der Waals surface area contributed by atoms with E-state index < -0.39 is 0 Å². The van der Waals surface area contributed by atoms with Crippen molar-refractivity contribution < 1.29 is 9.47 Å². The minimum atomic E-state index is 0.422. The quantitative estimate of drug-likeness (QED) is 0.641. The van der Waals surface area contributed by atoms with Crippen molar-refractivity contribution >= 4 is 11.5 Å². The van der Waals surface area contributed by atoms with E-state index in [1.54, 1.807) is 7.11 Å². The summed E-state index contributed by atoms with van der Waals surface area (Å²) in [5.74, 6) is 1.72. The predicted octanol–water partition coefficient (Wildman–Crippen LogP) is 2.38. The lowest BCUT2D eigenvalue weighted by molar-refractivity contribution is 0.144. The molecule has 0 radical (unpaired) electrons. The first kappa shape index (κ1) is 16.5. The molecule has 1 heterocycles. The summed E-state index contributed by atoms with van der Waals surface area (Å²) in [6.45, 7) is 5.81. The van der Waals surface area contributed by atoms with Crippen LogP contribution in [0.25, 0.3) is 0 Å². The van der Waals surface area contributed by atoms with Gasteiger partial charge in [0.15, 0.2) is 5.82 Å². The summed E-state index contributed by atoms with van der Waals surface area (Å²) in [6.07, 6.45) is 4.80. The van der Waals surface area contributed by atoms with Gasteiger partial charge in [0, 0.05) is 13.7 Å². The number of nitrogens with zero attached hydrogens (tertiary/aromatic N) is 2. The van der Waals surface area contributed by atoms with Gasteiger partial charge in [-0.1, -0.05) is 26.2 Å². The molecule has 0 aromatic carbocycles. The third-order valence-corrected chi connectivity index (χ3v) is 2.87. The van der Waals surface area contributed by atoms with Crippen molar-refractivity contribution in [2.75, 3.05) is 37.9 Å². The summed E-state index contributed by atoms with van der Waals surface area (Å²) in [5, 5.41) is 3.26. The standard InChI is InChI=1S/C14H26N4O2/c1-4-5-6-7-8-16-13-12(15)14(18-11(2)17-13)20-10-9-19-3/h4-10,15H2,1-3H3,(H,16,17,18). The Bertz CT molecular complexity index is 399. The molecule has 0 aliphatic rings. The number of methoxy groups -OCH3 is 1. The van der Waals surface area contributed by atoms with Gasteiger partial charge in [-0.3, -0.25) is 0 Å². The average molecular weight is 282 g/mol. The SMILES string of the molecule is CCCCCCNc1nc(C)nc(OCCOC)c1N. The van der Waals surface area contributed by atoms with Crippen LogP contribution < -0.4 is 15.8 Å². The maximum atomic E-state index is 6.02. The normalized spacial score (nSPS) is 10.6. The van der Waals surface area contributed by atoms with Crippen LogP contribution in [-0.2, 0) is 4.74 Å². The van der Waals surface area contributed by atoms with Crippen molar-refractivity contribution in [3.05, 3.63) is 5.82 Å². The van der Waals surface area contributed by atoms with Crippen molar-refractivity contribution in [1.82, 2.24) is 9.97 Å². The Morgan fingerprint density at radius 2 is 1.95 bits per heavy atom. The maximum Gasteiger partial charge on any atom is 0.242 e. The molecule has 114 valence electrons. The first-order valence-electron chi connectivity index (χ1n) is 7.18. The van der Waals surface area contributed by atoms with Crippen LogP contribution in [0, 0.1) is 6.92 Å². The fraction of sp³-hybridized carbons (Fsp3) is 0.714. The molecule has 6 nitrogen and oxygen atoms in total. The van der Waals surface area contributed by atoms with Gasteiger partial charge in [-0.15, -0.1) is 0 Å². The van der Waals surface area contributed by atoms with Gasteiger partial charge >= 0.3 is 0 Å². The minimum Gasteiger partial charge on any atom is -0.474 e. The second kappa shape index (κ2) is 9.36. The number of hydrogen-bond acceptors (Lipinski definition) is 6. The Kier molecular flexibility index (Phi) is 7.72. The summed E-state index contributed by atoms with van der Waals surface area (Å²) >= 11 is 0. The molecule has 0 amide bonds. The van der Waals surface area contributed by atoms with Gasteiger partial charge in [-0.2, -0.15) is 4.98 Å². The molecule has 3 N–H and O–H groups in total. The summed E-state index contributed by atoms with van der Waals surface area (Å²) in [6, 6.07) is 0. The molecular weight excluding hydrogens is 256 g/mol. The molecule has 0 saturated carbocycles. The molecule has 0 aliphatic heterocycles. The molecule has 1 aromatic heterocycles. The van der Waals surface area contributed by atoms with Crippen molar-refractivity contribution in [3.63, 3.8) is 0 Å². The first-order chi connectivity index (χ1) is 9.69. The van der Waals surface area contributed by atoms with E-state index in [0.29, 0.717) is 36.4 Å². The number of aromatic nitrogens is 2. The van der Waals surface area contributed by atoms with Crippen molar-refractivity contribution in [1.29, 1.82) is 0 Å². The zero-order valence-corrected chi connectivity index (χ0v) is 12.7. The Hall–Kier alpha value is -1.56. The fourth-order valence-electron chi connectivity index (χ4n) is 1.78. The van der Waals surface area contributed by atoms with Crippen LogP contribution in [0.3, 0.4) is 0 Å². The molecule has 0 unspecified atom stereocenters. The summed E-state index contributed by atoms with van der Waals surface area (Å²) in [7, 11) is 1.63. The molecule has 6 heteroatoms. The number of rotatable bonds is 10. The van der Waals surface area contributed by atoms with Crippen molar-refractivity contribution in [3.8, 4) is 5.88 Å². The van der Waals surface area contributed by atoms with Crippen LogP contribution in [0.15, 0.2) is 0 Å². The number of nitrogens with one attached hydrogen (secondary N) is 1. The molecule has 0 saturated heterocycles. The van der Waals surface area contributed by atoms with E-state index in [9.17, 15) is 0 Å². The second-order valence-corrected chi connectivity index (χ2v) is 4.67. The van der Waals surface area contributed by atoms with Crippen molar-refractivity contribution in [2.45, 2.75) is 39.5 Å². The van der Waals surface area contributed by atoms with E-state index in [1.165, 1.54) is 19.3 Å². The van der Waals surface area contributed by atoms with Gasteiger partial charge in [-0.05, 0) is 13.3 Å². The molecule has 0 atom stereocenters. The summed E-state index contributed by atoms with van der Waals surface area (Å²) in [5.41, 5.74) is 6.48. The van der Waals surface area contributed by atoms with Crippen LogP contribution in [0.5, 0.6) is 5.88 Å². The van der Waals surface area contributed by atoms with Gasteiger partial charge in [0.05, 0.1) is 6.61 Å². The Balaban J connectivity index is 2.56. The van der Waals surface area contributed by atoms with Gasteiger partial charge in [-0.25, -0.2) is 4.98 Å². The number of ether oxygens (including phenoxy) is 2. The molecule has 0 bridgehead atoms. The molecule has 0 aliphatic carbocycles. The minimum absolute atomic E-state index is 0.422. The van der Waals surface area contributed by atoms with E-state index >= 15 is 0 Å². The number of nitrogen functional groups attached to an aromatic ring is 1. The van der Waals surface area contributed by atoms with E-state index in [2.05, 4.69) is 22.2 Å². The van der Waals surface area contributed by atoms with Gasteiger partial charge < -0.3 is 20.5 Å². The number of anilines is 2. The van der Waals surface area contributed by atoms with Gasteiger partial charge in [0.25, 0.3) is 0 Å². The highest BCUT2D eigenvalue weighted by molar-refractivity contribution is 5.66. The Morgan fingerprint density at radius 1 is 1.15 bits per heavy atom. The van der Waals surface area contributed by atoms with E-state index in [4.69, 9.17) is 15.2 Å². The molecule has 0 spiro atoms.